The predicted octanol–water partition coefficient (Wildman–Crippen LogP) is 3.61. The van der Waals surface area contributed by atoms with Crippen LogP contribution in [0, 0.1) is 6.92 Å². The van der Waals surface area contributed by atoms with E-state index >= 15 is 0 Å². The Hall–Kier alpha value is -1.94. The molecular weight excluding hydrogens is 242 g/mol. The molecule has 3 nitrogen and oxygen atoms in total. The van der Waals surface area contributed by atoms with E-state index in [4.69, 9.17) is 0 Å². The van der Waals surface area contributed by atoms with E-state index in [0.717, 1.165) is 22.9 Å². The summed E-state index contributed by atoms with van der Waals surface area (Å²) in [7, 11) is 0. The number of nitrogens with zero attached hydrogens (tertiary/aromatic N) is 2. The highest BCUT2D eigenvalue weighted by atomic mass is 32.1. The summed E-state index contributed by atoms with van der Waals surface area (Å²) in [6.45, 7) is 2.80. The summed E-state index contributed by atoms with van der Waals surface area (Å²) in [6, 6.07) is 10.5. The summed E-state index contributed by atoms with van der Waals surface area (Å²) in [6.07, 6.45) is 1.81. The Morgan fingerprint density at radius 2 is 2.17 bits per heavy atom. The number of nitrogens with one attached hydrogen (secondary N) is 1. The molecule has 1 N–H and O–H groups in total. The lowest BCUT2D eigenvalue weighted by atomic mass is 10.1. The third-order valence-electron chi connectivity index (χ3n) is 2.77. The van der Waals surface area contributed by atoms with E-state index in [9.17, 15) is 0 Å². The van der Waals surface area contributed by atoms with Crippen molar-refractivity contribution in [3.63, 3.8) is 0 Å². The first kappa shape index (κ1) is 11.2. The van der Waals surface area contributed by atoms with Crippen molar-refractivity contribution in [2.75, 3.05) is 5.32 Å². The normalized spacial score (nSPS) is 10.7. The molecule has 18 heavy (non-hydrogen) atoms. The molecule has 90 valence electrons. The van der Waals surface area contributed by atoms with E-state index in [-0.39, 0.29) is 0 Å². The molecule has 0 atom stereocenters. The fourth-order valence-electron chi connectivity index (χ4n) is 1.88. The van der Waals surface area contributed by atoms with Crippen LogP contribution in [0.1, 0.15) is 11.3 Å². The monoisotopic (exact) mass is 255 g/mol. The van der Waals surface area contributed by atoms with Crippen LogP contribution in [-0.2, 0) is 6.54 Å². The first-order valence-corrected chi connectivity index (χ1v) is 6.69. The van der Waals surface area contributed by atoms with Crippen LogP contribution in [0.25, 0.3) is 10.9 Å². The quantitative estimate of drug-likeness (QED) is 0.777. The van der Waals surface area contributed by atoms with Gasteiger partial charge in [-0.05, 0) is 30.7 Å². The van der Waals surface area contributed by atoms with Gasteiger partial charge in [-0.15, -0.1) is 11.3 Å². The first-order valence-electron chi connectivity index (χ1n) is 5.81. The highest BCUT2D eigenvalue weighted by Crippen LogP contribution is 2.17. The van der Waals surface area contributed by atoms with E-state index in [1.54, 1.807) is 17.5 Å². The SMILES string of the molecule is Cc1ccc2cc(CNc3nccs3)ccc2n1. The zero-order valence-corrected chi connectivity index (χ0v) is 10.9. The second-order valence-corrected chi connectivity index (χ2v) is 5.07. The summed E-state index contributed by atoms with van der Waals surface area (Å²) in [4.78, 5) is 8.70. The van der Waals surface area contributed by atoms with Crippen LogP contribution in [0.15, 0.2) is 41.9 Å². The Balaban J connectivity index is 1.82. The van der Waals surface area contributed by atoms with Crippen molar-refractivity contribution in [2.24, 2.45) is 0 Å². The lowest BCUT2D eigenvalue weighted by Crippen LogP contribution is -1.98. The van der Waals surface area contributed by atoms with Gasteiger partial charge in [-0.25, -0.2) is 4.98 Å². The molecule has 3 aromatic rings. The van der Waals surface area contributed by atoms with Crippen LogP contribution >= 0.6 is 11.3 Å². The Morgan fingerprint density at radius 3 is 3.00 bits per heavy atom. The van der Waals surface area contributed by atoms with E-state index in [2.05, 4.69) is 39.6 Å². The molecule has 0 spiro atoms. The van der Waals surface area contributed by atoms with Gasteiger partial charge in [0, 0.05) is 29.2 Å². The molecule has 0 saturated carbocycles. The molecule has 3 rings (SSSR count). The molecule has 2 aromatic heterocycles. The average Bonchev–Trinajstić information content (AvgIpc) is 2.89. The summed E-state index contributed by atoms with van der Waals surface area (Å²) < 4.78 is 0. The lowest BCUT2D eigenvalue weighted by Gasteiger charge is -2.05. The number of aryl methyl sites for hydroxylation is 1. The fourth-order valence-corrected chi connectivity index (χ4v) is 2.40. The van der Waals surface area contributed by atoms with Crippen molar-refractivity contribution >= 4 is 27.4 Å². The number of hydrogen-bond acceptors (Lipinski definition) is 4. The molecule has 0 unspecified atom stereocenters. The van der Waals surface area contributed by atoms with Crippen LogP contribution in [0.4, 0.5) is 5.13 Å². The van der Waals surface area contributed by atoms with Crippen LogP contribution in [-0.4, -0.2) is 9.97 Å². The van der Waals surface area contributed by atoms with Gasteiger partial charge in [0.2, 0.25) is 0 Å². The fraction of sp³-hybridized carbons (Fsp3) is 0.143. The van der Waals surface area contributed by atoms with Gasteiger partial charge in [-0.3, -0.25) is 4.98 Å². The molecule has 0 aliphatic carbocycles. The lowest BCUT2D eigenvalue weighted by molar-refractivity contribution is 1.14. The van der Waals surface area contributed by atoms with Crippen molar-refractivity contribution in [1.29, 1.82) is 0 Å². The van der Waals surface area contributed by atoms with E-state index in [1.165, 1.54) is 10.9 Å². The van der Waals surface area contributed by atoms with Gasteiger partial charge in [0.05, 0.1) is 5.52 Å². The Bertz CT molecular complexity index is 662. The smallest absolute Gasteiger partial charge is 0.182 e. The van der Waals surface area contributed by atoms with Crippen molar-refractivity contribution in [1.82, 2.24) is 9.97 Å². The predicted molar refractivity (Wildman–Crippen MR) is 75.9 cm³/mol. The molecule has 0 saturated heterocycles. The van der Waals surface area contributed by atoms with Gasteiger partial charge in [0.1, 0.15) is 0 Å². The third-order valence-corrected chi connectivity index (χ3v) is 3.50. The highest BCUT2D eigenvalue weighted by Gasteiger charge is 1.99. The minimum absolute atomic E-state index is 0.789. The number of pyridine rings is 1. The minimum atomic E-state index is 0.789. The standard InChI is InChI=1S/C14H13N3S/c1-10-2-4-12-8-11(3-5-13(12)17-10)9-16-14-15-6-7-18-14/h2-8H,9H2,1H3,(H,15,16). The van der Waals surface area contributed by atoms with Gasteiger partial charge >= 0.3 is 0 Å². The summed E-state index contributed by atoms with van der Waals surface area (Å²) >= 11 is 1.61. The molecule has 0 bridgehead atoms. The third kappa shape index (κ3) is 2.33. The Labute approximate surface area is 110 Å². The second kappa shape index (κ2) is 4.74. The van der Waals surface area contributed by atoms with Crippen molar-refractivity contribution in [3.05, 3.63) is 53.2 Å². The number of benzene rings is 1. The van der Waals surface area contributed by atoms with Gasteiger partial charge in [0.25, 0.3) is 0 Å². The van der Waals surface area contributed by atoms with Crippen LogP contribution in [0.5, 0.6) is 0 Å². The summed E-state index contributed by atoms with van der Waals surface area (Å²) in [5.41, 5.74) is 3.34. The largest absolute Gasteiger partial charge is 0.357 e. The number of thiazole rings is 1. The topological polar surface area (TPSA) is 37.8 Å². The maximum atomic E-state index is 4.50. The summed E-state index contributed by atoms with van der Waals surface area (Å²) in [5.74, 6) is 0. The number of hydrogen-bond donors (Lipinski definition) is 1. The molecule has 0 radical (unpaired) electrons. The molecule has 0 amide bonds. The minimum Gasteiger partial charge on any atom is -0.357 e. The van der Waals surface area contributed by atoms with Crippen molar-refractivity contribution < 1.29 is 0 Å². The number of rotatable bonds is 3. The number of anilines is 1. The van der Waals surface area contributed by atoms with Crippen molar-refractivity contribution in [3.8, 4) is 0 Å². The van der Waals surface area contributed by atoms with Gasteiger partial charge in [-0.2, -0.15) is 0 Å². The first-order chi connectivity index (χ1) is 8.81. The second-order valence-electron chi connectivity index (χ2n) is 4.17. The number of fused-ring (bicyclic) bond motifs is 1. The maximum absolute atomic E-state index is 4.50. The van der Waals surface area contributed by atoms with Crippen LogP contribution in [0.3, 0.4) is 0 Å². The number of aromatic nitrogens is 2. The van der Waals surface area contributed by atoms with Gasteiger partial charge < -0.3 is 5.32 Å². The zero-order chi connectivity index (χ0) is 12.4. The molecule has 4 heteroatoms. The molecule has 1 aromatic carbocycles. The molecular formula is C14H13N3S. The average molecular weight is 255 g/mol. The van der Waals surface area contributed by atoms with Crippen LogP contribution in [0.2, 0.25) is 0 Å². The maximum Gasteiger partial charge on any atom is 0.182 e. The van der Waals surface area contributed by atoms with E-state index in [1.807, 2.05) is 18.4 Å². The van der Waals surface area contributed by atoms with E-state index < -0.39 is 0 Å². The Kier molecular flexibility index (Phi) is 2.94. The Morgan fingerprint density at radius 1 is 1.22 bits per heavy atom. The molecule has 0 fully saturated rings. The van der Waals surface area contributed by atoms with E-state index in [0.29, 0.717) is 0 Å². The van der Waals surface area contributed by atoms with Gasteiger partial charge in [-0.1, -0.05) is 12.1 Å². The molecule has 0 aliphatic heterocycles. The molecule has 2 heterocycles. The van der Waals surface area contributed by atoms with Crippen molar-refractivity contribution in [2.45, 2.75) is 13.5 Å². The molecule has 0 aliphatic rings. The van der Waals surface area contributed by atoms with Crippen LogP contribution < -0.4 is 5.32 Å². The highest BCUT2D eigenvalue weighted by molar-refractivity contribution is 7.13. The summed E-state index contributed by atoms with van der Waals surface area (Å²) in [5, 5.41) is 7.41. The van der Waals surface area contributed by atoms with Gasteiger partial charge in [0.15, 0.2) is 5.13 Å². The zero-order valence-electron chi connectivity index (χ0n) is 10.1.